The summed E-state index contributed by atoms with van der Waals surface area (Å²) in [6.07, 6.45) is 5.69. The van der Waals surface area contributed by atoms with Gasteiger partial charge in [-0.3, -0.25) is 0 Å². The zero-order chi connectivity index (χ0) is 4.41. The Morgan fingerprint density at radius 3 is 2.67 bits per heavy atom. The lowest BCUT2D eigenvalue weighted by Gasteiger charge is -2.07. The standard InChI is InChI=1S/C5H6N/c1-2-5-3-6-4-5/h3H,2H2,1H3/q-1. The first-order valence-electron chi connectivity index (χ1n) is 2.08. The van der Waals surface area contributed by atoms with E-state index in [0.717, 1.165) is 6.42 Å². The van der Waals surface area contributed by atoms with Gasteiger partial charge in [-0.1, -0.05) is 25.8 Å². The Kier molecular flexibility index (Phi) is 0.748. The molecule has 1 heteroatoms. The van der Waals surface area contributed by atoms with Gasteiger partial charge in [-0.05, 0) is 0 Å². The molecule has 0 N–H and O–H groups in total. The third-order valence-corrected chi connectivity index (χ3v) is 0.809. The Hall–Kier alpha value is -0.590. The molecular formula is C5H6N-. The lowest BCUT2D eigenvalue weighted by molar-refractivity contribution is 1.14. The maximum Gasteiger partial charge on any atom is -0.0510 e. The Bertz CT molecular complexity index is 101. The van der Waals surface area contributed by atoms with Crippen LogP contribution in [0.5, 0.6) is 0 Å². The number of rotatable bonds is 1. The van der Waals surface area contributed by atoms with Gasteiger partial charge in [-0.25, -0.2) is 0 Å². The molecule has 0 saturated heterocycles. The molecule has 0 aliphatic carbocycles. The van der Waals surface area contributed by atoms with E-state index in [0.29, 0.717) is 0 Å². The van der Waals surface area contributed by atoms with E-state index in [2.05, 4.69) is 18.1 Å². The smallest absolute Gasteiger partial charge is 0.0510 e. The number of hydrogen-bond donors (Lipinski definition) is 0. The van der Waals surface area contributed by atoms with Crippen LogP contribution in [0.3, 0.4) is 0 Å². The number of aliphatic imine (C=N–C) groups is 1. The molecule has 0 atom stereocenters. The molecule has 1 aliphatic heterocycles. The minimum Gasteiger partial charge on any atom is -0.394 e. The van der Waals surface area contributed by atoms with E-state index in [1.165, 1.54) is 5.57 Å². The van der Waals surface area contributed by atoms with Gasteiger partial charge in [0, 0.05) is 0 Å². The highest BCUT2D eigenvalue weighted by atomic mass is 14.7. The third kappa shape index (κ3) is 0.361. The van der Waals surface area contributed by atoms with E-state index in [4.69, 9.17) is 0 Å². The van der Waals surface area contributed by atoms with Crippen molar-refractivity contribution in [2.24, 2.45) is 4.99 Å². The molecule has 0 aromatic heterocycles. The largest absolute Gasteiger partial charge is 0.394 e. The molecule has 1 rings (SSSR count). The van der Waals surface area contributed by atoms with Gasteiger partial charge in [0.05, 0.1) is 0 Å². The Morgan fingerprint density at radius 2 is 2.67 bits per heavy atom. The van der Waals surface area contributed by atoms with Crippen molar-refractivity contribution in [1.29, 1.82) is 0 Å². The van der Waals surface area contributed by atoms with Crippen molar-refractivity contribution in [1.82, 2.24) is 0 Å². The van der Waals surface area contributed by atoms with E-state index >= 15 is 0 Å². The average Bonchev–Trinajstić information content (AvgIpc) is 1.31. The van der Waals surface area contributed by atoms with Crippen molar-refractivity contribution in [3.05, 3.63) is 11.8 Å². The lowest BCUT2D eigenvalue weighted by Crippen LogP contribution is -1.87. The summed E-state index contributed by atoms with van der Waals surface area (Å²) >= 11 is 0. The second-order valence-corrected chi connectivity index (χ2v) is 1.25. The van der Waals surface area contributed by atoms with Crippen LogP contribution in [-0.2, 0) is 0 Å². The van der Waals surface area contributed by atoms with Crippen molar-refractivity contribution in [2.75, 3.05) is 0 Å². The first-order valence-corrected chi connectivity index (χ1v) is 2.08. The van der Waals surface area contributed by atoms with Gasteiger partial charge in [0.15, 0.2) is 0 Å². The minimum atomic E-state index is 1.07. The summed E-state index contributed by atoms with van der Waals surface area (Å²) in [5, 5.41) is 0. The summed E-state index contributed by atoms with van der Waals surface area (Å²) in [4.78, 5) is 3.66. The maximum atomic E-state index is 3.66. The van der Waals surface area contributed by atoms with Crippen LogP contribution >= 0.6 is 0 Å². The third-order valence-electron chi connectivity index (χ3n) is 0.809. The fourth-order valence-electron chi connectivity index (χ4n) is 0.326. The van der Waals surface area contributed by atoms with Crippen LogP contribution in [0.25, 0.3) is 0 Å². The number of allylic oxidation sites excluding steroid dienone is 1. The zero-order valence-corrected chi connectivity index (χ0v) is 3.73. The second kappa shape index (κ2) is 1.25. The highest BCUT2D eigenvalue weighted by molar-refractivity contribution is 5.84. The van der Waals surface area contributed by atoms with Gasteiger partial charge in [0.25, 0.3) is 0 Å². The van der Waals surface area contributed by atoms with E-state index < -0.39 is 0 Å². The average molecular weight is 80.1 g/mol. The van der Waals surface area contributed by atoms with Gasteiger partial charge in [-0.2, -0.15) is 0 Å². The molecule has 0 bridgehead atoms. The normalized spacial score (nSPS) is 16.5. The Balaban J connectivity index is 2.37. The van der Waals surface area contributed by atoms with Crippen LogP contribution in [0.2, 0.25) is 0 Å². The van der Waals surface area contributed by atoms with Crippen LogP contribution < -0.4 is 0 Å². The number of hydrogen-bond acceptors (Lipinski definition) is 1. The Labute approximate surface area is 37.4 Å². The summed E-state index contributed by atoms with van der Waals surface area (Å²) in [7, 11) is 0. The van der Waals surface area contributed by atoms with Crippen molar-refractivity contribution in [3.63, 3.8) is 0 Å². The molecule has 1 nitrogen and oxygen atoms in total. The summed E-state index contributed by atoms with van der Waals surface area (Å²) in [6, 6.07) is 0. The molecule has 0 fully saturated rings. The minimum absolute atomic E-state index is 1.07. The van der Waals surface area contributed by atoms with E-state index in [1.807, 2.05) is 6.20 Å². The maximum absolute atomic E-state index is 3.66. The molecule has 0 saturated carbocycles. The highest BCUT2D eigenvalue weighted by Gasteiger charge is 1.82. The predicted molar refractivity (Wildman–Crippen MR) is 25.8 cm³/mol. The van der Waals surface area contributed by atoms with Crippen molar-refractivity contribution in [2.45, 2.75) is 13.3 Å². The van der Waals surface area contributed by atoms with E-state index in [1.54, 1.807) is 0 Å². The van der Waals surface area contributed by atoms with Gasteiger partial charge < -0.3 is 4.99 Å². The van der Waals surface area contributed by atoms with Gasteiger partial charge in [0.1, 0.15) is 0 Å². The quantitative estimate of drug-likeness (QED) is 0.420. The zero-order valence-electron chi connectivity index (χ0n) is 3.73. The molecule has 6 heavy (non-hydrogen) atoms. The predicted octanol–water partition coefficient (Wildman–Crippen LogP) is 1.24. The summed E-state index contributed by atoms with van der Waals surface area (Å²) < 4.78 is 0. The second-order valence-electron chi connectivity index (χ2n) is 1.25. The summed E-state index contributed by atoms with van der Waals surface area (Å²) in [5.41, 5.74) is 1.23. The molecule has 1 aliphatic rings. The molecule has 1 heterocycles. The molecule has 32 valence electrons. The lowest BCUT2D eigenvalue weighted by atomic mass is 10.2. The fraction of sp³-hybridized carbons (Fsp3) is 0.400. The van der Waals surface area contributed by atoms with Crippen LogP contribution in [-0.4, -0.2) is 6.21 Å². The van der Waals surface area contributed by atoms with Crippen LogP contribution in [0, 0.1) is 0 Å². The molecule has 0 unspecified atom stereocenters. The molecule has 0 radical (unpaired) electrons. The van der Waals surface area contributed by atoms with Crippen molar-refractivity contribution >= 4 is 6.21 Å². The van der Waals surface area contributed by atoms with Crippen LogP contribution in [0.1, 0.15) is 13.3 Å². The van der Waals surface area contributed by atoms with Crippen LogP contribution in [0.4, 0.5) is 0 Å². The molecule has 0 aromatic rings. The summed E-state index contributed by atoms with van der Waals surface area (Å²) in [6.45, 7) is 2.09. The van der Waals surface area contributed by atoms with Gasteiger partial charge in [0.2, 0.25) is 0 Å². The first-order chi connectivity index (χ1) is 2.93. The fourth-order valence-corrected chi connectivity index (χ4v) is 0.326. The SMILES string of the molecule is CCC1=CN=[C-]1. The van der Waals surface area contributed by atoms with Gasteiger partial charge in [-0.15, -0.1) is 5.57 Å². The van der Waals surface area contributed by atoms with Crippen molar-refractivity contribution in [3.8, 4) is 0 Å². The Morgan fingerprint density at radius 1 is 2.00 bits per heavy atom. The number of nitrogens with zero attached hydrogens (tertiary/aromatic N) is 1. The highest BCUT2D eigenvalue weighted by Crippen LogP contribution is 2.03. The monoisotopic (exact) mass is 80.1 g/mol. The molecular weight excluding hydrogens is 74.1 g/mol. The van der Waals surface area contributed by atoms with Crippen molar-refractivity contribution < 1.29 is 0 Å². The summed E-state index contributed by atoms with van der Waals surface area (Å²) in [5.74, 6) is 0. The van der Waals surface area contributed by atoms with Gasteiger partial charge >= 0.3 is 0 Å². The van der Waals surface area contributed by atoms with E-state index in [9.17, 15) is 0 Å². The molecule has 0 spiro atoms. The topological polar surface area (TPSA) is 12.4 Å². The first kappa shape index (κ1) is 3.59. The molecule has 0 amide bonds. The van der Waals surface area contributed by atoms with E-state index in [-0.39, 0.29) is 0 Å². The van der Waals surface area contributed by atoms with Crippen LogP contribution in [0.15, 0.2) is 16.8 Å². The molecule has 0 aromatic carbocycles.